The Hall–Kier alpha value is -0.930. The summed E-state index contributed by atoms with van der Waals surface area (Å²) < 4.78 is 10.2. The zero-order valence-electron chi connectivity index (χ0n) is 8.37. The van der Waals surface area contributed by atoms with Crippen molar-refractivity contribution in [3.8, 4) is 11.5 Å². The fourth-order valence-corrected chi connectivity index (χ4v) is 1.62. The van der Waals surface area contributed by atoms with E-state index >= 15 is 0 Å². The maximum atomic E-state index is 9.41. The molecule has 1 aromatic carbocycles. The zero-order valence-corrected chi connectivity index (χ0v) is 9.13. The van der Waals surface area contributed by atoms with Crippen LogP contribution in [0, 0.1) is 0 Å². The zero-order chi connectivity index (χ0) is 10.7. The molecule has 1 aromatic rings. The Kier molecular flexibility index (Phi) is 3.61. The van der Waals surface area contributed by atoms with Gasteiger partial charge in [-0.15, -0.1) is 0 Å². The molecule has 14 heavy (non-hydrogen) atoms. The van der Waals surface area contributed by atoms with Gasteiger partial charge in [0, 0.05) is 5.56 Å². The van der Waals surface area contributed by atoms with Crippen molar-refractivity contribution in [2.75, 3.05) is 14.2 Å². The molecule has 4 heteroatoms. The molecular weight excluding hydrogens is 204 g/mol. The minimum Gasteiger partial charge on any atom is -0.493 e. The quantitative estimate of drug-likeness (QED) is 0.844. The number of methoxy groups -OCH3 is 2. The van der Waals surface area contributed by atoms with Gasteiger partial charge in [-0.2, -0.15) is 0 Å². The van der Waals surface area contributed by atoms with Crippen molar-refractivity contribution in [1.29, 1.82) is 0 Å². The van der Waals surface area contributed by atoms with Crippen LogP contribution in [0.2, 0.25) is 5.02 Å². The molecule has 0 fully saturated rings. The van der Waals surface area contributed by atoms with E-state index in [1.54, 1.807) is 19.1 Å². The highest BCUT2D eigenvalue weighted by Crippen LogP contribution is 2.39. The molecule has 1 atom stereocenters. The maximum Gasteiger partial charge on any atom is 0.179 e. The Morgan fingerprint density at radius 1 is 1.29 bits per heavy atom. The summed E-state index contributed by atoms with van der Waals surface area (Å²) in [5, 5.41) is 9.80. The molecule has 0 aliphatic heterocycles. The van der Waals surface area contributed by atoms with Crippen LogP contribution >= 0.6 is 11.6 Å². The molecule has 0 amide bonds. The van der Waals surface area contributed by atoms with Gasteiger partial charge in [-0.3, -0.25) is 0 Å². The summed E-state index contributed by atoms with van der Waals surface area (Å²) in [5.41, 5.74) is 0.629. The van der Waals surface area contributed by atoms with E-state index in [0.29, 0.717) is 22.1 Å². The average molecular weight is 217 g/mol. The lowest BCUT2D eigenvalue weighted by Gasteiger charge is -2.13. The normalized spacial score (nSPS) is 12.4. The number of aliphatic hydroxyl groups is 1. The van der Waals surface area contributed by atoms with Gasteiger partial charge in [0.15, 0.2) is 11.5 Å². The molecule has 0 heterocycles. The summed E-state index contributed by atoms with van der Waals surface area (Å²) in [4.78, 5) is 0. The third kappa shape index (κ3) is 1.94. The number of hydrogen-bond acceptors (Lipinski definition) is 3. The van der Waals surface area contributed by atoms with Gasteiger partial charge in [0.1, 0.15) is 0 Å². The van der Waals surface area contributed by atoms with Gasteiger partial charge in [0.25, 0.3) is 0 Å². The molecule has 0 aliphatic carbocycles. The molecule has 3 nitrogen and oxygen atoms in total. The lowest BCUT2D eigenvalue weighted by Crippen LogP contribution is -1.97. The highest BCUT2D eigenvalue weighted by Gasteiger charge is 2.15. The fourth-order valence-electron chi connectivity index (χ4n) is 1.23. The van der Waals surface area contributed by atoms with Crippen molar-refractivity contribution in [2.45, 2.75) is 13.0 Å². The Labute approximate surface area is 88.2 Å². The number of rotatable bonds is 3. The van der Waals surface area contributed by atoms with Crippen molar-refractivity contribution < 1.29 is 14.6 Å². The maximum absolute atomic E-state index is 9.41. The SMILES string of the molecule is COc1ccc([C@@H](C)O)c(Cl)c1OC. The molecule has 0 saturated carbocycles. The van der Waals surface area contributed by atoms with E-state index in [0.717, 1.165) is 0 Å². The minimum atomic E-state index is -0.623. The van der Waals surface area contributed by atoms with Gasteiger partial charge in [0.2, 0.25) is 0 Å². The van der Waals surface area contributed by atoms with Crippen LogP contribution in [-0.2, 0) is 0 Å². The van der Waals surface area contributed by atoms with Gasteiger partial charge < -0.3 is 14.6 Å². The van der Waals surface area contributed by atoms with Crippen LogP contribution < -0.4 is 9.47 Å². The molecule has 0 radical (unpaired) electrons. The standard InChI is InChI=1S/C10H13ClO3/c1-6(12)7-4-5-8(13-2)10(14-3)9(7)11/h4-6,12H,1-3H3/t6-/m1/s1. The van der Waals surface area contributed by atoms with Gasteiger partial charge in [-0.05, 0) is 13.0 Å². The van der Waals surface area contributed by atoms with Crippen molar-refractivity contribution in [2.24, 2.45) is 0 Å². The van der Waals surface area contributed by atoms with E-state index in [9.17, 15) is 5.11 Å². The number of aliphatic hydroxyl groups excluding tert-OH is 1. The lowest BCUT2D eigenvalue weighted by atomic mass is 10.1. The first-order valence-electron chi connectivity index (χ1n) is 4.20. The van der Waals surface area contributed by atoms with Crippen molar-refractivity contribution in [3.63, 3.8) is 0 Å². The smallest absolute Gasteiger partial charge is 0.179 e. The molecule has 0 bridgehead atoms. The molecule has 1 rings (SSSR count). The predicted molar refractivity (Wildman–Crippen MR) is 55.2 cm³/mol. The summed E-state index contributed by atoms with van der Waals surface area (Å²) in [5.74, 6) is 1.01. The molecule has 0 unspecified atom stereocenters. The fraction of sp³-hybridized carbons (Fsp3) is 0.400. The number of halogens is 1. The predicted octanol–water partition coefficient (Wildman–Crippen LogP) is 2.41. The van der Waals surface area contributed by atoms with E-state index in [-0.39, 0.29) is 0 Å². The molecular formula is C10H13ClO3. The number of benzene rings is 1. The highest BCUT2D eigenvalue weighted by atomic mass is 35.5. The molecule has 1 N–H and O–H groups in total. The van der Waals surface area contributed by atoms with Crippen LogP contribution in [0.1, 0.15) is 18.6 Å². The van der Waals surface area contributed by atoms with Crippen molar-refractivity contribution in [3.05, 3.63) is 22.7 Å². The van der Waals surface area contributed by atoms with E-state index in [1.165, 1.54) is 14.2 Å². The van der Waals surface area contributed by atoms with Crippen LogP contribution in [-0.4, -0.2) is 19.3 Å². The topological polar surface area (TPSA) is 38.7 Å². The van der Waals surface area contributed by atoms with Gasteiger partial charge in [-0.1, -0.05) is 17.7 Å². The monoisotopic (exact) mass is 216 g/mol. The van der Waals surface area contributed by atoms with E-state index in [1.807, 2.05) is 0 Å². The van der Waals surface area contributed by atoms with Gasteiger partial charge in [-0.25, -0.2) is 0 Å². The first-order chi connectivity index (χ1) is 6.61. The van der Waals surface area contributed by atoms with Gasteiger partial charge in [0.05, 0.1) is 25.3 Å². The first-order valence-corrected chi connectivity index (χ1v) is 4.58. The minimum absolute atomic E-state index is 0.391. The molecule has 0 aromatic heterocycles. The van der Waals surface area contributed by atoms with E-state index in [4.69, 9.17) is 21.1 Å². The molecule has 0 saturated heterocycles. The summed E-state index contributed by atoms with van der Waals surface area (Å²) in [7, 11) is 3.05. The van der Waals surface area contributed by atoms with Crippen LogP contribution in [0.4, 0.5) is 0 Å². The Morgan fingerprint density at radius 3 is 2.36 bits per heavy atom. The largest absolute Gasteiger partial charge is 0.493 e. The molecule has 0 spiro atoms. The third-order valence-corrected chi connectivity index (χ3v) is 2.35. The second-order valence-corrected chi connectivity index (χ2v) is 3.26. The van der Waals surface area contributed by atoms with Crippen LogP contribution in [0.15, 0.2) is 12.1 Å². The highest BCUT2D eigenvalue weighted by molar-refractivity contribution is 6.33. The third-order valence-electron chi connectivity index (χ3n) is 1.96. The van der Waals surface area contributed by atoms with Crippen LogP contribution in [0.3, 0.4) is 0 Å². The van der Waals surface area contributed by atoms with Crippen molar-refractivity contribution >= 4 is 11.6 Å². The second kappa shape index (κ2) is 4.53. The van der Waals surface area contributed by atoms with E-state index < -0.39 is 6.10 Å². The molecule has 0 aliphatic rings. The summed E-state index contributed by atoms with van der Waals surface area (Å²) in [6.07, 6.45) is -0.623. The Balaban J connectivity index is 3.27. The number of ether oxygens (including phenoxy) is 2. The van der Waals surface area contributed by atoms with Crippen LogP contribution in [0.5, 0.6) is 11.5 Å². The summed E-state index contributed by atoms with van der Waals surface area (Å²) in [6, 6.07) is 3.43. The number of hydrogen-bond donors (Lipinski definition) is 1. The average Bonchev–Trinajstić information content (AvgIpc) is 2.16. The molecule has 78 valence electrons. The van der Waals surface area contributed by atoms with Crippen molar-refractivity contribution in [1.82, 2.24) is 0 Å². The summed E-state index contributed by atoms with van der Waals surface area (Å²) in [6.45, 7) is 1.65. The second-order valence-electron chi connectivity index (χ2n) is 2.88. The Bertz CT molecular complexity index is 323. The summed E-state index contributed by atoms with van der Waals surface area (Å²) >= 11 is 6.02. The first kappa shape index (κ1) is 11.1. The van der Waals surface area contributed by atoms with Gasteiger partial charge >= 0.3 is 0 Å². The lowest BCUT2D eigenvalue weighted by molar-refractivity contribution is 0.198. The Morgan fingerprint density at radius 2 is 1.93 bits per heavy atom. The van der Waals surface area contributed by atoms with E-state index in [2.05, 4.69) is 0 Å². The van der Waals surface area contributed by atoms with Crippen LogP contribution in [0.25, 0.3) is 0 Å².